The van der Waals surface area contributed by atoms with Crippen molar-refractivity contribution in [1.82, 2.24) is 29.4 Å². The van der Waals surface area contributed by atoms with Gasteiger partial charge in [-0.1, -0.05) is 18.5 Å². The molecule has 1 amide bonds. The van der Waals surface area contributed by atoms with E-state index >= 15 is 0 Å². The Balaban J connectivity index is 1.63. The molecule has 8 heteroatoms. The second-order valence-electron chi connectivity index (χ2n) is 7.37. The highest BCUT2D eigenvalue weighted by Crippen LogP contribution is 2.25. The average Bonchev–Trinajstić information content (AvgIpc) is 3.09. The highest BCUT2D eigenvalue weighted by Gasteiger charge is 2.30. The van der Waals surface area contributed by atoms with Crippen LogP contribution in [0.2, 0.25) is 5.02 Å². The zero-order valence-electron chi connectivity index (χ0n) is 16.9. The Morgan fingerprint density at radius 2 is 1.81 bits per heavy atom. The van der Waals surface area contributed by atoms with Gasteiger partial charge in [-0.15, -0.1) is 0 Å². The van der Waals surface area contributed by atoms with Gasteiger partial charge in [0.15, 0.2) is 0 Å². The van der Waals surface area contributed by atoms with Crippen molar-refractivity contribution in [2.45, 2.75) is 46.7 Å². The first-order valence-corrected chi connectivity index (χ1v) is 9.91. The number of halogens is 1. The van der Waals surface area contributed by atoms with Gasteiger partial charge in [0.2, 0.25) is 5.91 Å². The third-order valence-corrected chi connectivity index (χ3v) is 5.94. The Morgan fingerprint density at radius 3 is 2.30 bits per heavy atom. The SMILES string of the molecule is CCC(C(=O)N1CCN(Cc2cn(C)nc2C)CC1)n1nc(C)c(Cl)c1C. The molecule has 1 fully saturated rings. The summed E-state index contributed by atoms with van der Waals surface area (Å²) in [7, 11) is 1.95. The number of hydrogen-bond donors (Lipinski definition) is 0. The first-order chi connectivity index (χ1) is 12.8. The lowest BCUT2D eigenvalue weighted by Crippen LogP contribution is -2.50. The lowest BCUT2D eigenvalue weighted by molar-refractivity contribution is -0.137. The van der Waals surface area contributed by atoms with E-state index in [1.807, 2.05) is 44.3 Å². The number of carbonyl (C=O) groups excluding carboxylic acids is 1. The minimum atomic E-state index is -0.289. The summed E-state index contributed by atoms with van der Waals surface area (Å²) in [6.45, 7) is 12.0. The topological polar surface area (TPSA) is 59.2 Å². The van der Waals surface area contributed by atoms with Crippen molar-refractivity contribution in [2.24, 2.45) is 7.05 Å². The van der Waals surface area contributed by atoms with E-state index in [-0.39, 0.29) is 11.9 Å². The van der Waals surface area contributed by atoms with Crippen LogP contribution in [0.5, 0.6) is 0 Å². The molecular formula is C19H29ClN6O. The van der Waals surface area contributed by atoms with E-state index in [1.165, 1.54) is 5.56 Å². The monoisotopic (exact) mass is 392 g/mol. The Morgan fingerprint density at radius 1 is 1.15 bits per heavy atom. The highest BCUT2D eigenvalue weighted by atomic mass is 35.5. The molecule has 3 rings (SSSR count). The molecule has 1 atom stereocenters. The molecule has 0 aliphatic carbocycles. The zero-order chi connectivity index (χ0) is 19.7. The summed E-state index contributed by atoms with van der Waals surface area (Å²) in [6, 6.07) is -0.289. The van der Waals surface area contributed by atoms with Crippen molar-refractivity contribution in [2.75, 3.05) is 26.2 Å². The Bertz CT molecular complexity index is 819. The molecular weight excluding hydrogens is 364 g/mol. The molecule has 0 radical (unpaired) electrons. The fourth-order valence-corrected chi connectivity index (χ4v) is 3.90. The molecule has 2 aromatic rings. The Labute approximate surface area is 165 Å². The van der Waals surface area contributed by atoms with E-state index in [0.29, 0.717) is 11.4 Å². The highest BCUT2D eigenvalue weighted by molar-refractivity contribution is 6.31. The number of aryl methyl sites for hydroxylation is 3. The minimum absolute atomic E-state index is 0.136. The summed E-state index contributed by atoms with van der Waals surface area (Å²) in [4.78, 5) is 17.5. The van der Waals surface area contributed by atoms with Crippen LogP contribution in [0.15, 0.2) is 6.20 Å². The fourth-order valence-electron chi connectivity index (χ4n) is 3.78. The Hall–Kier alpha value is -1.86. The predicted molar refractivity (Wildman–Crippen MR) is 106 cm³/mol. The van der Waals surface area contributed by atoms with E-state index in [0.717, 1.165) is 49.8 Å². The van der Waals surface area contributed by atoms with Crippen molar-refractivity contribution in [3.8, 4) is 0 Å². The van der Waals surface area contributed by atoms with Crippen LogP contribution in [-0.2, 0) is 18.4 Å². The molecule has 1 aliphatic rings. The summed E-state index contributed by atoms with van der Waals surface area (Å²) >= 11 is 6.28. The maximum atomic E-state index is 13.1. The molecule has 3 heterocycles. The van der Waals surface area contributed by atoms with Gasteiger partial charge < -0.3 is 4.90 Å². The van der Waals surface area contributed by atoms with E-state index in [4.69, 9.17) is 11.6 Å². The molecule has 2 aromatic heterocycles. The molecule has 0 N–H and O–H groups in total. The third kappa shape index (κ3) is 4.04. The lowest BCUT2D eigenvalue weighted by Gasteiger charge is -2.36. The Kier molecular flexibility index (Phi) is 5.91. The summed E-state index contributed by atoms with van der Waals surface area (Å²) in [5.41, 5.74) is 3.96. The van der Waals surface area contributed by atoms with Crippen molar-refractivity contribution >= 4 is 17.5 Å². The molecule has 27 heavy (non-hydrogen) atoms. The summed E-state index contributed by atoms with van der Waals surface area (Å²) in [5, 5.41) is 9.56. The maximum absolute atomic E-state index is 13.1. The number of amides is 1. The van der Waals surface area contributed by atoms with Crippen LogP contribution < -0.4 is 0 Å². The minimum Gasteiger partial charge on any atom is -0.338 e. The van der Waals surface area contributed by atoms with Gasteiger partial charge in [0.25, 0.3) is 0 Å². The standard InChI is InChI=1S/C19H29ClN6O/c1-6-17(26-15(4)18(20)14(3)22-26)19(27)25-9-7-24(8-10-25)12-16-11-23(5)21-13(16)2/h11,17H,6-10,12H2,1-5H3. The number of aromatic nitrogens is 4. The maximum Gasteiger partial charge on any atom is 0.247 e. The summed E-state index contributed by atoms with van der Waals surface area (Å²) in [5.74, 6) is 0.136. The smallest absolute Gasteiger partial charge is 0.247 e. The van der Waals surface area contributed by atoms with Crippen LogP contribution >= 0.6 is 11.6 Å². The van der Waals surface area contributed by atoms with Crippen molar-refractivity contribution in [3.05, 3.63) is 33.9 Å². The molecule has 1 unspecified atom stereocenters. The van der Waals surface area contributed by atoms with Crippen LogP contribution in [0.4, 0.5) is 0 Å². The first kappa shape index (κ1) is 19.9. The number of piperazine rings is 1. The molecule has 0 spiro atoms. The summed E-state index contributed by atoms with van der Waals surface area (Å²) in [6.07, 6.45) is 2.78. The van der Waals surface area contributed by atoms with Gasteiger partial charge in [0.05, 0.1) is 22.1 Å². The number of hydrogen-bond acceptors (Lipinski definition) is 4. The third-order valence-electron chi connectivity index (χ3n) is 5.40. The van der Waals surface area contributed by atoms with Crippen LogP contribution in [0.1, 0.15) is 42.0 Å². The zero-order valence-corrected chi connectivity index (χ0v) is 17.6. The van der Waals surface area contributed by atoms with Gasteiger partial charge in [-0.25, -0.2) is 0 Å². The van der Waals surface area contributed by atoms with Crippen molar-refractivity contribution in [3.63, 3.8) is 0 Å². The molecule has 1 aliphatic heterocycles. The van der Waals surface area contributed by atoms with Crippen LogP contribution in [0.3, 0.4) is 0 Å². The van der Waals surface area contributed by atoms with E-state index in [9.17, 15) is 4.79 Å². The second-order valence-corrected chi connectivity index (χ2v) is 7.75. The van der Waals surface area contributed by atoms with Gasteiger partial charge >= 0.3 is 0 Å². The molecule has 0 bridgehead atoms. The first-order valence-electron chi connectivity index (χ1n) is 9.53. The van der Waals surface area contributed by atoms with Crippen LogP contribution in [0, 0.1) is 20.8 Å². The molecule has 148 valence electrons. The fraction of sp³-hybridized carbons (Fsp3) is 0.632. The largest absolute Gasteiger partial charge is 0.338 e. The van der Waals surface area contributed by atoms with E-state index in [1.54, 1.807) is 4.68 Å². The molecule has 0 aromatic carbocycles. The van der Waals surface area contributed by atoms with Gasteiger partial charge in [-0.2, -0.15) is 10.2 Å². The quantitative estimate of drug-likeness (QED) is 0.784. The molecule has 0 saturated carbocycles. The predicted octanol–water partition coefficient (Wildman–Crippen LogP) is 2.49. The van der Waals surface area contributed by atoms with Gasteiger partial charge in [-0.05, 0) is 27.2 Å². The average molecular weight is 393 g/mol. The number of rotatable bonds is 5. The van der Waals surface area contributed by atoms with Gasteiger partial charge in [0.1, 0.15) is 6.04 Å². The molecule has 7 nitrogen and oxygen atoms in total. The van der Waals surface area contributed by atoms with Crippen LogP contribution in [0.25, 0.3) is 0 Å². The van der Waals surface area contributed by atoms with Crippen LogP contribution in [-0.4, -0.2) is 61.4 Å². The second kappa shape index (κ2) is 8.02. The molecule has 1 saturated heterocycles. The van der Waals surface area contributed by atoms with E-state index < -0.39 is 0 Å². The van der Waals surface area contributed by atoms with Gasteiger partial charge in [-0.3, -0.25) is 19.1 Å². The van der Waals surface area contributed by atoms with Gasteiger partial charge in [0, 0.05) is 51.5 Å². The van der Waals surface area contributed by atoms with E-state index in [2.05, 4.69) is 21.3 Å². The summed E-state index contributed by atoms with van der Waals surface area (Å²) < 4.78 is 3.65. The van der Waals surface area contributed by atoms with Crippen molar-refractivity contribution < 1.29 is 4.79 Å². The van der Waals surface area contributed by atoms with Crippen molar-refractivity contribution in [1.29, 1.82) is 0 Å². The lowest BCUT2D eigenvalue weighted by atomic mass is 10.1. The number of carbonyl (C=O) groups is 1. The normalized spacial score (nSPS) is 16.7. The number of nitrogens with zero attached hydrogens (tertiary/aromatic N) is 6.